The Labute approximate surface area is 174 Å². The van der Waals surface area contributed by atoms with E-state index in [0.29, 0.717) is 35.4 Å². The van der Waals surface area contributed by atoms with Crippen molar-refractivity contribution in [2.45, 2.75) is 25.7 Å². The predicted octanol–water partition coefficient (Wildman–Crippen LogP) is 4.80. The number of halogens is 1. The number of carbonyl (C=O) groups excluding carboxylic acids is 1. The third-order valence-electron chi connectivity index (χ3n) is 4.92. The van der Waals surface area contributed by atoms with E-state index in [-0.39, 0.29) is 11.8 Å². The van der Waals surface area contributed by atoms with Gasteiger partial charge in [0.2, 0.25) is 5.91 Å². The summed E-state index contributed by atoms with van der Waals surface area (Å²) in [4.78, 5) is 12.5. The number of hydrogen-bond acceptors (Lipinski definition) is 4. The lowest BCUT2D eigenvalue weighted by Crippen LogP contribution is -2.24. The minimum absolute atomic E-state index is 0.0587. The number of ether oxygens (including phenoxy) is 2. The maximum Gasteiger partial charge on any atom is 0.226 e. The van der Waals surface area contributed by atoms with Gasteiger partial charge in [-0.1, -0.05) is 30.7 Å². The summed E-state index contributed by atoms with van der Waals surface area (Å²) in [5, 5.41) is 8.07. The monoisotopic (exact) mass is 411 g/mol. The molecule has 1 aliphatic heterocycles. The molecule has 1 amide bonds. The number of carbonyl (C=O) groups is 1. The number of hydrogen-bond donors (Lipinski definition) is 1. The Kier molecular flexibility index (Phi) is 5.45. The van der Waals surface area contributed by atoms with Crippen LogP contribution in [0.1, 0.15) is 36.8 Å². The Hall–Kier alpha value is -2.99. The number of amides is 1. The number of nitrogens with one attached hydrogen (secondary N) is 1. The van der Waals surface area contributed by atoms with Gasteiger partial charge in [0.1, 0.15) is 5.82 Å². The second-order valence-corrected chi connectivity index (χ2v) is 7.34. The fraction of sp³-hybridized carbons (Fsp3) is 0.273. The summed E-state index contributed by atoms with van der Waals surface area (Å²) in [5.41, 5.74) is 2.72. The zero-order chi connectivity index (χ0) is 20.4. The molecule has 0 saturated carbocycles. The molecule has 0 fully saturated rings. The van der Waals surface area contributed by atoms with E-state index in [1.807, 2.05) is 36.4 Å². The van der Waals surface area contributed by atoms with E-state index in [4.69, 9.17) is 21.1 Å². The van der Waals surface area contributed by atoms with E-state index < -0.39 is 0 Å². The van der Waals surface area contributed by atoms with Crippen molar-refractivity contribution < 1.29 is 14.3 Å². The summed E-state index contributed by atoms with van der Waals surface area (Å²) < 4.78 is 13.0. The van der Waals surface area contributed by atoms with Gasteiger partial charge in [0.15, 0.2) is 11.5 Å². The highest BCUT2D eigenvalue weighted by molar-refractivity contribution is 6.30. The van der Waals surface area contributed by atoms with E-state index in [0.717, 1.165) is 23.2 Å². The first-order chi connectivity index (χ1) is 14.1. The van der Waals surface area contributed by atoms with Gasteiger partial charge in [-0.2, -0.15) is 5.10 Å². The molecule has 0 spiro atoms. The molecule has 0 saturated heterocycles. The number of aromatic nitrogens is 2. The summed E-state index contributed by atoms with van der Waals surface area (Å²) >= 11 is 6.13. The van der Waals surface area contributed by atoms with E-state index in [2.05, 4.69) is 17.3 Å². The van der Waals surface area contributed by atoms with Crippen LogP contribution in [0.5, 0.6) is 11.5 Å². The van der Waals surface area contributed by atoms with Gasteiger partial charge in [-0.15, -0.1) is 0 Å². The second-order valence-electron chi connectivity index (χ2n) is 6.90. The van der Waals surface area contributed by atoms with Gasteiger partial charge < -0.3 is 14.8 Å². The van der Waals surface area contributed by atoms with Gasteiger partial charge >= 0.3 is 0 Å². The molecule has 1 atom stereocenters. The van der Waals surface area contributed by atoms with Crippen LogP contribution in [0.2, 0.25) is 5.02 Å². The van der Waals surface area contributed by atoms with Crippen molar-refractivity contribution in [3.05, 3.63) is 64.8 Å². The number of rotatable bonds is 6. The molecule has 2 heterocycles. The molecule has 150 valence electrons. The molecular formula is C22H22ClN3O3. The Morgan fingerprint density at radius 2 is 2.10 bits per heavy atom. The molecule has 1 aromatic heterocycles. The minimum atomic E-state index is -0.124. The van der Waals surface area contributed by atoms with Gasteiger partial charge in [-0.25, -0.2) is 4.68 Å². The van der Waals surface area contributed by atoms with Crippen molar-refractivity contribution >= 4 is 23.3 Å². The van der Waals surface area contributed by atoms with E-state index in [9.17, 15) is 4.79 Å². The number of fused-ring (bicyclic) bond motifs is 1. The summed E-state index contributed by atoms with van der Waals surface area (Å²) in [6, 6.07) is 13.2. The van der Waals surface area contributed by atoms with Crippen LogP contribution >= 0.6 is 11.6 Å². The van der Waals surface area contributed by atoms with Crippen LogP contribution in [0.15, 0.2) is 48.7 Å². The number of methoxy groups -OCH3 is 1. The summed E-state index contributed by atoms with van der Waals surface area (Å²) in [5.74, 6) is 1.84. The molecule has 0 radical (unpaired) electrons. The van der Waals surface area contributed by atoms with Gasteiger partial charge in [0.25, 0.3) is 0 Å². The van der Waals surface area contributed by atoms with E-state index >= 15 is 0 Å². The summed E-state index contributed by atoms with van der Waals surface area (Å²) in [7, 11) is 1.62. The molecule has 6 nitrogen and oxygen atoms in total. The van der Waals surface area contributed by atoms with Crippen LogP contribution < -0.4 is 14.8 Å². The zero-order valence-corrected chi connectivity index (χ0v) is 17.1. The molecule has 29 heavy (non-hydrogen) atoms. The van der Waals surface area contributed by atoms with E-state index in [1.165, 1.54) is 0 Å². The molecule has 7 heteroatoms. The molecule has 3 aromatic rings. The zero-order valence-electron chi connectivity index (χ0n) is 16.3. The average Bonchev–Trinajstić information content (AvgIpc) is 3.15. The quantitative estimate of drug-likeness (QED) is 0.632. The molecule has 1 N–H and O–H groups in total. The van der Waals surface area contributed by atoms with Crippen molar-refractivity contribution in [1.29, 1.82) is 0 Å². The normalized spacial score (nSPS) is 15.6. The molecule has 0 aliphatic carbocycles. The van der Waals surface area contributed by atoms with Crippen molar-refractivity contribution in [1.82, 2.24) is 9.78 Å². The summed E-state index contributed by atoms with van der Waals surface area (Å²) in [6.45, 7) is 2.68. The average molecular weight is 412 g/mol. The third-order valence-corrected chi connectivity index (χ3v) is 5.16. The van der Waals surface area contributed by atoms with Gasteiger partial charge in [-0.3, -0.25) is 4.79 Å². The predicted molar refractivity (Wildman–Crippen MR) is 112 cm³/mol. The van der Waals surface area contributed by atoms with Gasteiger partial charge in [0, 0.05) is 22.9 Å². The Morgan fingerprint density at radius 3 is 2.86 bits per heavy atom. The highest BCUT2D eigenvalue weighted by Crippen LogP contribution is 2.40. The molecule has 0 bridgehead atoms. The molecule has 4 rings (SSSR count). The lowest BCUT2D eigenvalue weighted by atomic mass is 9.87. The van der Waals surface area contributed by atoms with Gasteiger partial charge in [0.05, 0.1) is 25.6 Å². The molecular weight excluding hydrogens is 390 g/mol. The Morgan fingerprint density at radius 1 is 1.24 bits per heavy atom. The number of nitrogens with zero attached hydrogens (tertiary/aromatic N) is 2. The first-order valence-electron chi connectivity index (χ1n) is 9.55. The van der Waals surface area contributed by atoms with Crippen molar-refractivity contribution in [2.75, 3.05) is 19.0 Å². The Balaban J connectivity index is 1.73. The molecule has 0 unspecified atom stereocenters. The van der Waals surface area contributed by atoms with Crippen LogP contribution in [0.25, 0.3) is 5.69 Å². The Bertz CT molecular complexity index is 1050. The van der Waals surface area contributed by atoms with E-state index in [1.54, 1.807) is 24.1 Å². The largest absolute Gasteiger partial charge is 0.493 e. The SMILES string of the molecule is CCCOc1ccc([C@@H]2CC(=O)Nc3c2cnn3-c2cccc(Cl)c2)cc1OC. The standard InChI is InChI=1S/C22H22ClN3O3/c1-3-9-29-19-8-7-14(10-20(19)28-2)17-12-21(27)25-22-18(17)13-24-26(22)16-6-4-5-15(23)11-16/h4-8,10-11,13,17H,3,9,12H2,1-2H3,(H,25,27)/t17-/m0/s1. The lowest BCUT2D eigenvalue weighted by molar-refractivity contribution is -0.116. The lowest BCUT2D eigenvalue weighted by Gasteiger charge is -2.24. The van der Waals surface area contributed by atoms with Crippen LogP contribution in [0, 0.1) is 0 Å². The number of benzene rings is 2. The number of anilines is 1. The van der Waals surface area contributed by atoms with Crippen molar-refractivity contribution in [3.8, 4) is 17.2 Å². The maximum atomic E-state index is 12.5. The minimum Gasteiger partial charge on any atom is -0.493 e. The third kappa shape index (κ3) is 3.80. The van der Waals surface area contributed by atoms with Gasteiger partial charge in [-0.05, 0) is 42.3 Å². The second kappa shape index (κ2) is 8.17. The smallest absolute Gasteiger partial charge is 0.226 e. The first kappa shape index (κ1) is 19.3. The van der Waals surface area contributed by atoms with Crippen molar-refractivity contribution in [3.63, 3.8) is 0 Å². The fourth-order valence-corrected chi connectivity index (χ4v) is 3.74. The maximum absolute atomic E-state index is 12.5. The summed E-state index contributed by atoms with van der Waals surface area (Å²) in [6.07, 6.45) is 3.06. The molecule has 2 aromatic carbocycles. The van der Waals surface area contributed by atoms with Crippen LogP contribution in [0.3, 0.4) is 0 Å². The van der Waals surface area contributed by atoms with Crippen LogP contribution in [-0.2, 0) is 4.79 Å². The highest BCUT2D eigenvalue weighted by Gasteiger charge is 2.31. The fourth-order valence-electron chi connectivity index (χ4n) is 3.55. The topological polar surface area (TPSA) is 65.4 Å². The molecule has 1 aliphatic rings. The highest BCUT2D eigenvalue weighted by atomic mass is 35.5. The van der Waals surface area contributed by atoms with Crippen LogP contribution in [0.4, 0.5) is 5.82 Å². The van der Waals surface area contributed by atoms with Crippen molar-refractivity contribution in [2.24, 2.45) is 0 Å². The first-order valence-corrected chi connectivity index (χ1v) is 9.93. The van der Waals surface area contributed by atoms with Crippen LogP contribution in [-0.4, -0.2) is 29.4 Å².